The summed E-state index contributed by atoms with van der Waals surface area (Å²) in [6.45, 7) is 0. The zero-order chi connectivity index (χ0) is 60.0. The predicted molar refractivity (Wildman–Crippen MR) is 362 cm³/mol. The number of aromatic nitrogens is 6. The molecule has 0 aliphatic heterocycles. The normalized spacial score (nSPS) is 12.6. The molecule has 10 aromatic rings. The molecule has 0 amide bonds. The maximum atomic E-state index is 8.65. The van der Waals surface area contributed by atoms with Gasteiger partial charge in [0.15, 0.2) is 0 Å². The van der Waals surface area contributed by atoms with Crippen LogP contribution in [0.1, 0.15) is 51.4 Å². The molecule has 0 atom stereocenters. The van der Waals surface area contributed by atoms with Crippen molar-refractivity contribution in [2.75, 3.05) is 22.1 Å². The molecule has 2 saturated carbocycles. The van der Waals surface area contributed by atoms with E-state index in [4.69, 9.17) is 63.8 Å². The Balaban J connectivity index is 0.000000153. The van der Waals surface area contributed by atoms with Gasteiger partial charge in [0.05, 0.1) is 14.5 Å². The van der Waals surface area contributed by atoms with Gasteiger partial charge in [-0.3, -0.25) is 9.97 Å². The van der Waals surface area contributed by atoms with Gasteiger partial charge in [0.1, 0.15) is 11.6 Å². The number of nitrogens with zero attached hydrogens (tertiary/aromatic N) is 6. The number of nitrogen functional groups attached to an aromatic ring is 2. The Hall–Kier alpha value is -5.87. The molecule has 6 aromatic carbocycles. The summed E-state index contributed by atoms with van der Waals surface area (Å²) < 4.78 is 0.874. The fourth-order valence-corrected chi connectivity index (χ4v) is 14.6. The van der Waals surface area contributed by atoms with E-state index in [2.05, 4.69) is 238 Å². The molecule has 0 bridgehead atoms. The first-order valence-corrected chi connectivity index (χ1v) is 35.5. The number of pyridine rings is 2. The maximum absolute atomic E-state index is 8.65. The van der Waals surface area contributed by atoms with Crippen LogP contribution in [0.5, 0.6) is 0 Å². The van der Waals surface area contributed by atoms with Gasteiger partial charge in [-0.15, -0.1) is 0 Å². The molecule has 440 valence electrons. The fourth-order valence-electron chi connectivity index (χ4n) is 9.26. The summed E-state index contributed by atoms with van der Waals surface area (Å²) >= 11 is 15.0. The van der Waals surface area contributed by atoms with Gasteiger partial charge in [0, 0.05) is 65.9 Å². The second kappa shape index (κ2) is 37.0. The fraction of sp³-hybridized carbons (Fsp3) is 0.156. The third-order valence-corrected chi connectivity index (χ3v) is 19.3. The van der Waals surface area contributed by atoms with Gasteiger partial charge in [-0.25, -0.2) is 9.97 Å². The Labute approximate surface area is 536 Å². The third-order valence-electron chi connectivity index (χ3n) is 13.2. The van der Waals surface area contributed by atoms with E-state index in [-0.39, 0.29) is 32.4 Å². The van der Waals surface area contributed by atoms with Crippen LogP contribution in [0.25, 0.3) is 11.1 Å². The number of benzene rings is 6. The molecule has 21 heteroatoms. The number of nitrogens with two attached hydrogens (primary N) is 2. The second-order valence-corrected chi connectivity index (χ2v) is 27.5. The Morgan fingerprint density at radius 3 is 1.13 bits per heavy atom. The summed E-state index contributed by atoms with van der Waals surface area (Å²) in [5.41, 5.74) is 13.2. The van der Waals surface area contributed by atoms with E-state index < -0.39 is 23.0 Å². The number of rotatable bonds is 12. The standard InChI is InChI=1S/2C18H15P.C14H16ClN5.C9H13BrN4.C5H5BClNO2.2ClH.Pd/c2*1-4-10-16(11-5-1)19(17-12-6-2-7-13-17)18-14-8-3-9-15-18;15-12-8-17-6-5-10(12)11-7-18-14(16)20-13(11)19-9-3-1-2-4-9;10-7-5-12-9(11)14-8(7)13-6-3-1-2-4-6;7-5-3-8-2-1-4(5)6(9)10;;;/h2*1-15H;5-9H,1-4H2,(H3,16,18,19,20);5-6H,1-4H2,(H3,11,12,13,14);1-3,9-10H;2*1H;/q;;;;;;;+2/p-2. The molecule has 2 aliphatic carbocycles. The minimum atomic E-state index is -1.52. The van der Waals surface area contributed by atoms with Crippen molar-refractivity contribution in [2.24, 2.45) is 0 Å². The summed E-state index contributed by atoms with van der Waals surface area (Å²) in [6.07, 6.45) is 19.4. The van der Waals surface area contributed by atoms with Gasteiger partial charge in [-0.05, 0) is 101 Å². The molecule has 0 unspecified atom stereocenters. The summed E-state index contributed by atoms with van der Waals surface area (Å²) in [7, 11) is 7.22. The SMILES string of the molecule is Nc1ncc(-c2ccncc2Cl)c(NC2CCCC2)n1.Nc1ncc(Br)c(NC2CCCC2)n1.OB(O)c1ccncc1Cl.[Cl][Pd][Cl].c1ccc(P(c2ccccc2)c2ccccc2)cc1.c1ccc(P(c2ccccc2)c2ccccc2)cc1. The molecular weight excluding hydrogens is 1340 g/mol. The van der Waals surface area contributed by atoms with E-state index in [9.17, 15) is 0 Å². The van der Waals surface area contributed by atoms with Crippen LogP contribution in [0.2, 0.25) is 10.0 Å². The van der Waals surface area contributed by atoms with Crippen molar-refractivity contribution in [2.45, 2.75) is 63.5 Å². The number of hydrogen-bond acceptors (Lipinski definition) is 12. The Kier molecular flexibility index (Phi) is 29.0. The first-order chi connectivity index (χ1) is 41.5. The summed E-state index contributed by atoms with van der Waals surface area (Å²) in [5, 5.41) is 33.4. The number of hydrogen-bond donors (Lipinski definition) is 6. The average Bonchev–Trinajstić information content (AvgIpc) is 4.41. The topological polar surface area (TPSA) is 194 Å². The average molecular weight is 1410 g/mol. The van der Waals surface area contributed by atoms with E-state index in [0.717, 1.165) is 40.1 Å². The Morgan fingerprint density at radius 1 is 0.459 bits per heavy atom. The van der Waals surface area contributed by atoms with Crippen molar-refractivity contribution in [1.29, 1.82) is 0 Å². The van der Waals surface area contributed by atoms with Crippen molar-refractivity contribution in [3.63, 3.8) is 0 Å². The first-order valence-electron chi connectivity index (χ1n) is 27.2. The van der Waals surface area contributed by atoms with Crippen molar-refractivity contribution in [3.8, 4) is 11.1 Å². The van der Waals surface area contributed by atoms with E-state index in [1.807, 2.05) is 6.07 Å². The molecular formula is C64H64BBrCl4N10O2P2Pd. The number of nitrogens with one attached hydrogen (secondary N) is 2. The third kappa shape index (κ3) is 21.8. The number of anilines is 4. The minimum absolute atomic E-state index is 0.106. The van der Waals surface area contributed by atoms with Gasteiger partial charge in [-0.1, -0.05) is 231 Å². The molecule has 4 aromatic heterocycles. The minimum Gasteiger partial charge on any atom is -0.0622 e. The molecule has 12 nitrogen and oxygen atoms in total. The van der Waals surface area contributed by atoms with Crippen LogP contribution in [-0.2, 0) is 15.9 Å². The molecule has 2 aliphatic rings. The molecule has 2 fully saturated rings. The van der Waals surface area contributed by atoms with Crippen LogP contribution >= 0.6 is 74.0 Å². The van der Waals surface area contributed by atoms with Crippen LogP contribution in [0.15, 0.2) is 236 Å². The van der Waals surface area contributed by atoms with Gasteiger partial charge >= 0.3 is 42.1 Å². The molecule has 8 N–H and O–H groups in total. The molecule has 12 rings (SSSR count). The van der Waals surface area contributed by atoms with Crippen molar-refractivity contribution < 1.29 is 26.0 Å². The molecule has 0 radical (unpaired) electrons. The monoisotopic (exact) mass is 1400 g/mol. The summed E-state index contributed by atoms with van der Waals surface area (Å²) in [6, 6.07) is 69.0. The molecule has 0 saturated heterocycles. The van der Waals surface area contributed by atoms with Crippen molar-refractivity contribution in [3.05, 3.63) is 246 Å². The molecule has 0 spiro atoms. The first kappa shape index (κ1) is 66.6. The van der Waals surface area contributed by atoms with Gasteiger partial charge in [-0.2, -0.15) is 9.97 Å². The van der Waals surface area contributed by atoms with E-state index >= 15 is 0 Å². The van der Waals surface area contributed by atoms with Crippen LogP contribution in [0.4, 0.5) is 23.5 Å². The Morgan fingerprint density at radius 2 is 0.788 bits per heavy atom. The Bertz CT molecular complexity index is 3190. The van der Waals surface area contributed by atoms with Crippen LogP contribution < -0.4 is 59.4 Å². The van der Waals surface area contributed by atoms with Gasteiger partial charge in [0.25, 0.3) is 0 Å². The largest absolute Gasteiger partial charge is 0.0622 e. The zero-order valence-corrected chi connectivity index (χ0v) is 54.1. The van der Waals surface area contributed by atoms with Gasteiger partial charge < -0.3 is 32.1 Å². The number of halogens is 5. The quantitative estimate of drug-likeness (QED) is 0.0501. The van der Waals surface area contributed by atoms with E-state index in [1.165, 1.54) is 88.8 Å². The molecule has 4 heterocycles. The van der Waals surface area contributed by atoms with E-state index in [0.29, 0.717) is 23.1 Å². The smallest absolute Gasteiger partial charge is 0.0134 e. The zero-order valence-electron chi connectivity index (χ0n) is 46.2. The summed E-state index contributed by atoms with van der Waals surface area (Å²) in [5.74, 6) is 2.13. The predicted octanol–water partition coefficient (Wildman–Crippen LogP) is 13.0. The second-order valence-electron chi connectivity index (χ2n) is 19.0. The van der Waals surface area contributed by atoms with Crippen molar-refractivity contribution >= 4 is 142 Å². The van der Waals surface area contributed by atoms with Crippen LogP contribution in [0, 0.1) is 0 Å². The van der Waals surface area contributed by atoms with Crippen LogP contribution in [0.3, 0.4) is 0 Å². The maximum Gasteiger partial charge on any atom is -0.0134 e. The summed E-state index contributed by atoms with van der Waals surface area (Å²) in [4.78, 5) is 24.1. The molecule has 85 heavy (non-hydrogen) atoms. The van der Waals surface area contributed by atoms with Gasteiger partial charge in [0.2, 0.25) is 11.9 Å². The van der Waals surface area contributed by atoms with E-state index in [1.54, 1.807) is 24.8 Å². The van der Waals surface area contributed by atoms with Crippen LogP contribution in [-0.4, -0.2) is 59.2 Å². The van der Waals surface area contributed by atoms with Crippen molar-refractivity contribution in [1.82, 2.24) is 29.9 Å².